The maximum absolute atomic E-state index is 12.0. The number of methoxy groups -OCH3 is 1. The van der Waals surface area contributed by atoms with Gasteiger partial charge in [-0.15, -0.1) is 0 Å². The fourth-order valence-corrected chi connectivity index (χ4v) is 3.64. The van der Waals surface area contributed by atoms with E-state index in [0.717, 1.165) is 18.7 Å². The monoisotopic (exact) mass is 259 g/mol. The summed E-state index contributed by atoms with van der Waals surface area (Å²) in [4.78, 5) is 14.4. The number of carbonyl (C=O) groups excluding carboxylic acids is 1. The molecule has 2 bridgehead atoms. The van der Waals surface area contributed by atoms with Crippen molar-refractivity contribution >= 4 is 11.5 Å². The Hall–Kier alpha value is -1.51. The first kappa shape index (κ1) is 12.5. The summed E-state index contributed by atoms with van der Waals surface area (Å²) < 4.78 is 5.20. The molecule has 1 aliphatic carbocycles. The van der Waals surface area contributed by atoms with E-state index in [0.29, 0.717) is 18.2 Å². The number of fused-ring (bicyclic) bond motifs is 3. The number of carbonyl (C=O) groups is 1. The van der Waals surface area contributed by atoms with Gasteiger partial charge in [-0.3, -0.25) is 4.79 Å². The largest absolute Gasteiger partial charge is 0.497 e. The smallest absolute Gasteiger partial charge is 0.139 e. The summed E-state index contributed by atoms with van der Waals surface area (Å²) in [6.07, 6.45) is 1.73. The van der Waals surface area contributed by atoms with Crippen molar-refractivity contribution < 1.29 is 9.53 Å². The molecule has 2 heterocycles. The second-order valence-electron chi connectivity index (χ2n) is 6.43. The van der Waals surface area contributed by atoms with Gasteiger partial charge in [0.15, 0.2) is 0 Å². The molecule has 3 nitrogen and oxygen atoms in total. The molecule has 3 heteroatoms. The Morgan fingerprint density at radius 2 is 1.95 bits per heavy atom. The highest BCUT2D eigenvalue weighted by Crippen LogP contribution is 2.46. The van der Waals surface area contributed by atoms with Crippen LogP contribution in [-0.2, 0) is 4.79 Å². The second kappa shape index (κ2) is 4.26. The zero-order chi connectivity index (χ0) is 13.6. The molecule has 1 aromatic carbocycles. The van der Waals surface area contributed by atoms with Crippen LogP contribution in [0, 0.1) is 11.3 Å². The highest BCUT2D eigenvalue weighted by molar-refractivity contribution is 5.85. The maximum atomic E-state index is 12.0. The molecule has 2 aliphatic heterocycles. The van der Waals surface area contributed by atoms with E-state index in [1.54, 1.807) is 7.11 Å². The van der Waals surface area contributed by atoms with E-state index in [1.165, 1.54) is 5.69 Å². The molecule has 2 atom stereocenters. The lowest BCUT2D eigenvalue weighted by atomic mass is 9.64. The van der Waals surface area contributed by atoms with Gasteiger partial charge in [-0.25, -0.2) is 0 Å². The molecule has 0 radical (unpaired) electrons. The highest BCUT2D eigenvalue weighted by atomic mass is 16.5. The minimum absolute atomic E-state index is 0.210. The van der Waals surface area contributed by atoms with E-state index in [9.17, 15) is 4.79 Å². The first-order valence-corrected chi connectivity index (χ1v) is 6.95. The first-order valence-electron chi connectivity index (χ1n) is 6.95. The summed E-state index contributed by atoms with van der Waals surface area (Å²) in [5.74, 6) is 1.54. The molecular formula is C16H21NO2. The van der Waals surface area contributed by atoms with Gasteiger partial charge in [0.2, 0.25) is 0 Å². The number of hydrogen-bond donors (Lipinski definition) is 0. The quantitative estimate of drug-likeness (QED) is 0.818. The van der Waals surface area contributed by atoms with Crippen LogP contribution in [0.2, 0.25) is 0 Å². The van der Waals surface area contributed by atoms with Crippen LogP contribution in [0.15, 0.2) is 24.3 Å². The number of ether oxygens (including phenoxy) is 1. The molecule has 2 saturated heterocycles. The average molecular weight is 259 g/mol. The van der Waals surface area contributed by atoms with Crippen molar-refractivity contribution in [2.24, 2.45) is 11.3 Å². The van der Waals surface area contributed by atoms with Crippen LogP contribution >= 0.6 is 0 Å². The van der Waals surface area contributed by atoms with E-state index in [-0.39, 0.29) is 11.3 Å². The number of benzene rings is 1. The second-order valence-corrected chi connectivity index (χ2v) is 6.43. The van der Waals surface area contributed by atoms with Crippen molar-refractivity contribution in [1.82, 2.24) is 0 Å². The highest BCUT2D eigenvalue weighted by Gasteiger charge is 2.49. The van der Waals surface area contributed by atoms with E-state index >= 15 is 0 Å². The summed E-state index contributed by atoms with van der Waals surface area (Å²) in [5, 5.41) is 0. The minimum Gasteiger partial charge on any atom is -0.497 e. The zero-order valence-electron chi connectivity index (χ0n) is 11.8. The molecule has 0 aromatic heterocycles. The maximum Gasteiger partial charge on any atom is 0.139 e. The Morgan fingerprint density at radius 1 is 1.26 bits per heavy atom. The number of piperidine rings is 2. The topological polar surface area (TPSA) is 29.5 Å². The van der Waals surface area contributed by atoms with Crippen LogP contribution < -0.4 is 9.64 Å². The summed E-state index contributed by atoms with van der Waals surface area (Å²) in [6.45, 7) is 5.44. The van der Waals surface area contributed by atoms with Gasteiger partial charge < -0.3 is 9.64 Å². The standard InChI is InChI=1S/C16H21NO2/c1-16(2)9-11-10-17(15(16)8-14(11)18)12-4-6-13(19-3)7-5-12/h4-7,11,15H,8-10H2,1-3H3. The van der Waals surface area contributed by atoms with Crippen molar-refractivity contribution in [3.63, 3.8) is 0 Å². The zero-order valence-corrected chi connectivity index (χ0v) is 11.8. The molecule has 3 aliphatic rings. The number of anilines is 1. The molecule has 0 N–H and O–H groups in total. The lowest BCUT2D eigenvalue weighted by Crippen LogP contribution is -2.60. The average Bonchev–Trinajstić information content (AvgIpc) is 2.39. The van der Waals surface area contributed by atoms with Crippen molar-refractivity contribution in [3.05, 3.63) is 24.3 Å². The van der Waals surface area contributed by atoms with Gasteiger partial charge in [0.1, 0.15) is 11.5 Å². The number of ketones is 1. The molecule has 0 spiro atoms. The lowest BCUT2D eigenvalue weighted by Gasteiger charge is -2.54. The first-order chi connectivity index (χ1) is 9.01. The SMILES string of the molecule is COc1ccc(N2CC3CC(C)(C)C2CC3=O)cc1. The van der Waals surface area contributed by atoms with Crippen LogP contribution in [0.5, 0.6) is 5.75 Å². The predicted molar refractivity (Wildman–Crippen MR) is 75.6 cm³/mol. The molecule has 1 saturated carbocycles. The molecule has 102 valence electrons. The van der Waals surface area contributed by atoms with Gasteiger partial charge in [-0.2, -0.15) is 0 Å². The number of nitrogens with zero attached hydrogens (tertiary/aromatic N) is 1. The van der Waals surface area contributed by atoms with E-state index in [4.69, 9.17) is 4.74 Å². The van der Waals surface area contributed by atoms with Gasteiger partial charge in [0, 0.05) is 30.6 Å². The molecule has 4 rings (SSSR count). The summed E-state index contributed by atoms with van der Waals surface area (Å²) >= 11 is 0. The molecule has 1 aromatic rings. The van der Waals surface area contributed by atoms with Gasteiger partial charge in [0.25, 0.3) is 0 Å². The van der Waals surface area contributed by atoms with Crippen LogP contribution in [0.4, 0.5) is 5.69 Å². The third-order valence-electron chi connectivity index (χ3n) is 4.72. The van der Waals surface area contributed by atoms with Crippen molar-refractivity contribution in [2.75, 3.05) is 18.6 Å². The number of rotatable bonds is 2. The molecule has 3 fully saturated rings. The molecule has 2 unspecified atom stereocenters. The molecular weight excluding hydrogens is 238 g/mol. The van der Waals surface area contributed by atoms with Gasteiger partial charge >= 0.3 is 0 Å². The van der Waals surface area contributed by atoms with Gasteiger partial charge in [-0.1, -0.05) is 13.8 Å². The van der Waals surface area contributed by atoms with Crippen LogP contribution in [0.3, 0.4) is 0 Å². The Bertz CT molecular complexity index is 492. The Balaban J connectivity index is 1.90. The summed E-state index contributed by atoms with van der Waals surface area (Å²) in [7, 11) is 1.68. The van der Waals surface area contributed by atoms with Crippen molar-refractivity contribution in [2.45, 2.75) is 32.7 Å². The van der Waals surface area contributed by atoms with E-state index in [1.807, 2.05) is 12.1 Å². The van der Waals surface area contributed by atoms with Crippen LogP contribution in [0.25, 0.3) is 0 Å². The van der Waals surface area contributed by atoms with E-state index < -0.39 is 0 Å². The van der Waals surface area contributed by atoms with Crippen molar-refractivity contribution in [1.29, 1.82) is 0 Å². The van der Waals surface area contributed by atoms with Crippen molar-refractivity contribution in [3.8, 4) is 5.75 Å². The van der Waals surface area contributed by atoms with Gasteiger partial charge in [0.05, 0.1) is 7.11 Å². The predicted octanol–water partition coefficient (Wildman–Crippen LogP) is 2.89. The Morgan fingerprint density at radius 3 is 2.53 bits per heavy atom. The molecule has 19 heavy (non-hydrogen) atoms. The fourth-order valence-electron chi connectivity index (χ4n) is 3.64. The number of Topliss-reactive ketones (excluding diaryl/α,β-unsaturated/α-hetero) is 1. The van der Waals surface area contributed by atoms with E-state index in [2.05, 4.69) is 30.9 Å². The van der Waals surface area contributed by atoms with Gasteiger partial charge in [-0.05, 0) is 36.1 Å². The summed E-state index contributed by atoms with van der Waals surface area (Å²) in [5.41, 5.74) is 1.42. The number of hydrogen-bond acceptors (Lipinski definition) is 3. The molecule has 0 amide bonds. The normalized spacial score (nSPS) is 28.6. The van der Waals surface area contributed by atoms with Crippen LogP contribution in [-0.4, -0.2) is 25.5 Å². The fraction of sp³-hybridized carbons (Fsp3) is 0.562. The third kappa shape index (κ3) is 2.01. The minimum atomic E-state index is 0.210. The lowest BCUT2D eigenvalue weighted by molar-refractivity contribution is -0.130. The Kier molecular flexibility index (Phi) is 2.80. The third-order valence-corrected chi connectivity index (χ3v) is 4.72. The summed E-state index contributed by atoms with van der Waals surface area (Å²) in [6, 6.07) is 8.51. The Labute approximate surface area is 114 Å². The van der Waals surface area contributed by atoms with Crippen LogP contribution in [0.1, 0.15) is 26.7 Å².